The fraction of sp³-hybridized carbons (Fsp3) is 0.600. The Morgan fingerprint density at radius 2 is 1.86 bits per heavy atom. The maximum absolute atomic E-state index is 12.8. The molecule has 0 aromatic heterocycles. The van der Waals surface area contributed by atoms with Gasteiger partial charge in [-0.3, -0.25) is 0 Å². The quantitative estimate of drug-likeness (QED) is 0.840. The number of sulfonamides is 1. The molecule has 1 saturated carbocycles. The van der Waals surface area contributed by atoms with Crippen LogP contribution in [0, 0.1) is 6.92 Å². The molecule has 0 heterocycles. The second-order valence-electron chi connectivity index (χ2n) is 6.20. The predicted octanol–water partition coefficient (Wildman–Crippen LogP) is 1.68. The van der Waals surface area contributed by atoms with Gasteiger partial charge in [0.1, 0.15) is 0 Å². The van der Waals surface area contributed by atoms with E-state index >= 15 is 0 Å². The number of nitrogens with two attached hydrogens (primary N) is 1. The van der Waals surface area contributed by atoms with Crippen molar-refractivity contribution in [1.29, 1.82) is 0 Å². The molecule has 0 spiro atoms. The number of benzene rings is 1. The monoisotopic (exact) mass is 311 g/mol. The lowest BCUT2D eigenvalue weighted by Crippen LogP contribution is -2.57. The minimum atomic E-state index is -3.51. The predicted molar refractivity (Wildman–Crippen MR) is 85.7 cm³/mol. The van der Waals surface area contributed by atoms with E-state index in [0.717, 1.165) is 19.3 Å². The first-order valence-corrected chi connectivity index (χ1v) is 8.63. The molecule has 0 unspecified atom stereocenters. The largest absolute Gasteiger partial charge is 0.398 e. The third-order valence-corrected chi connectivity index (χ3v) is 6.71. The summed E-state index contributed by atoms with van der Waals surface area (Å²) in [6.45, 7) is 2.26. The highest BCUT2D eigenvalue weighted by molar-refractivity contribution is 7.89. The van der Waals surface area contributed by atoms with E-state index in [1.54, 1.807) is 32.2 Å². The highest BCUT2D eigenvalue weighted by Crippen LogP contribution is 2.37. The normalized spacial score (nSPS) is 18.0. The highest BCUT2D eigenvalue weighted by atomic mass is 32.2. The first-order valence-electron chi connectivity index (χ1n) is 7.19. The van der Waals surface area contributed by atoms with E-state index in [1.807, 2.05) is 14.1 Å². The molecular formula is C15H25N3O2S. The van der Waals surface area contributed by atoms with Gasteiger partial charge in [0.2, 0.25) is 10.0 Å². The standard InChI is InChI=1S/C15H25N3O2S/c1-12-13(16)7-5-8-14(12)21(19,20)18(4)11-15(17(2)3)9-6-10-15/h5,7-8H,6,9-11,16H2,1-4H3. The topological polar surface area (TPSA) is 66.6 Å². The third-order valence-electron chi connectivity index (χ3n) is 4.76. The first kappa shape index (κ1) is 16.3. The lowest BCUT2D eigenvalue weighted by Gasteiger charge is -2.49. The molecule has 21 heavy (non-hydrogen) atoms. The van der Waals surface area contributed by atoms with Crippen molar-refractivity contribution >= 4 is 15.7 Å². The van der Waals surface area contributed by atoms with E-state index in [0.29, 0.717) is 22.7 Å². The summed E-state index contributed by atoms with van der Waals surface area (Å²) in [6.07, 6.45) is 3.23. The number of anilines is 1. The zero-order valence-electron chi connectivity index (χ0n) is 13.3. The lowest BCUT2D eigenvalue weighted by molar-refractivity contribution is 0.0455. The van der Waals surface area contributed by atoms with Gasteiger partial charge in [-0.1, -0.05) is 6.07 Å². The summed E-state index contributed by atoms with van der Waals surface area (Å²) in [5.41, 5.74) is 6.94. The molecule has 6 heteroatoms. The van der Waals surface area contributed by atoms with Gasteiger partial charge in [0, 0.05) is 24.8 Å². The first-order chi connectivity index (χ1) is 9.70. The van der Waals surface area contributed by atoms with Gasteiger partial charge in [-0.25, -0.2) is 8.42 Å². The molecule has 2 N–H and O–H groups in total. The molecule has 0 bridgehead atoms. The van der Waals surface area contributed by atoms with E-state index in [-0.39, 0.29) is 5.54 Å². The van der Waals surface area contributed by atoms with Crippen molar-refractivity contribution in [3.05, 3.63) is 23.8 Å². The zero-order chi connectivity index (χ0) is 15.8. The molecular weight excluding hydrogens is 286 g/mol. The van der Waals surface area contributed by atoms with Crippen molar-refractivity contribution in [2.24, 2.45) is 0 Å². The van der Waals surface area contributed by atoms with E-state index < -0.39 is 10.0 Å². The van der Waals surface area contributed by atoms with Crippen molar-refractivity contribution in [1.82, 2.24) is 9.21 Å². The molecule has 1 aromatic rings. The minimum absolute atomic E-state index is 0.0317. The van der Waals surface area contributed by atoms with Crippen molar-refractivity contribution in [3.8, 4) is 0 Å². The van der Waals surface area contributed by atoms with Crippen molar-refractivity contribution < 1.29 is 8.42 Å². The van der Waals surface area contributed by atoms with Crippen LogP contribution in [0.2, 0.25) is 0 Å². The Labute approximate surface area is 127 Å². The van der Waals surface area contributed by atoms with Gasteiger partial charge in [0.15, 0.2) is 0 Å². The maximum Gasteiger partial charge on any atom is 0.243 e. The number of hydrogen-bond donors (Lipinski definition) is 1. The smallest absolute Gasteiger partial charge is 0.243 e. The Bertz CT molecular complexity index is 622. The number of hydrogen-bond acceptors (Lipinski definition) is 4. The van der Waals surface area contributed by atoms with Crippen LogP contribution >= 0.6 is 0 Å². The van der Waals surface area contributed by atoms with Crippen LogP contribution in [-0.4, -0.2) is 50.8 Å². The molecule has 2 rings (SSSR count). The number of rotatable bonds is 5. The maximum atomic E-state index is 12.8. The Hall–Kier alpha value is -1.11. The summed E-state index contributed by atoms with van der Waals surface area (Å²) < 4.78 is 27.1. The summed E-state index contributed by atoms with van der Waals surface area (Å²) in [5, 5.41) is 0. The van der Waals surface area contributed by atoms with Crippen LogP contribution in [0.15, 0.2) is 23.1 Å². The molecule has 0 radical (unpaired) electrons. The van der Waals surface area contributed by atoms with Gasteiger partial charge in [0.25, 0.3) is 0 Å². The van der Waals surface area contributed by atoms with Gasteiger partial charge in [-0.2, -0.15) is 4.31 Å². The molecule has 1 aromatic carbocycles. The van der Waals surface area contributed by atoms with Crippen molar-refractivity contribution in [2.75, 3.05) is 33.4 Å². The second kappa shape index (κ2) is 5.59. The van der Waals surface area contributed by atoms with Crippen molar-refractivity contribution in [2.45, 2.75) is 36.6 Å². The number of nitrogens with zero attached hydrogens (tertiary/aromatic N) is 2. The van der Waals surface area contributed by atoms with Gasteiger partial charge in [-0.05, 0) is 58.0 Å². The molecule has 1 aliphatic rings. The minimum Gasteiger partial charge on any atom is -0.398 e. The molecule has 0 atom stereocenters. The fourth-order valence-corrected chi connectivity index (χ4v) is 4.41. The summed E-state index contributed by atoms with van der Waals surface area (Å²) in [6, 6.07) is 5.04. The van der Waals surface area contributed by atoms with Crippen LogP contribution in [0.1, 0.15) is 24.8 Å². The Morgan fingerprint density at radius 1 is 1.24 bits per heavy atom. The van der Waals surface area contributed by atoms with Gasteiger partial charge in [-0.15, -0.1) is 0 Å². The molecule has 0 amide bonds. The Kier molecular flexibility index (Phi) is 4.33. The highest BCUT2D eigenvalue weighted by Gasteiger charge is 2.42. The van der Waals surface area contributed by atoms with Gasteiger partial charge in [0.05, 0.1) is 4.90 Å². The lowest BCUT2D eigenvalue weighted by atomic mass is 9.75. The van der Waals surface area contributed by atoms with E-state index in [2.05, 4.69) is 4.90 Å². The van der Waals surface area contributed by atoms with Crippen LogP contribution in [0.25, 0.3) is 0 Å². The average molecular weight is 311 g/mol. The number of likely N-dealkylation sites (N-methyl/N-ethyl adjacent to an activating group) is 2. The third kappa shape index (κ3) is 2.80. The second-order valence-corrected chi connectivity index (χ2v) is 8.22. The van der Waals surface area contributed by atoms with Gasteiger partial charge < -0.3 is 10.6 Å². The SMILES string of the molecule is Cc1c(N)cccc1S(=O)(=O)N(C)CC1(N(C)C)CCC1. The van der Waals surface area contributed by atoms with Crippen LogP contribution < -0.4 is 5.73 Å². The van der Waals surface area contributed by atoms with Crippen LogP contribution in [0.3, 0.4) is 0 Å². The Balaban J connectivity index is 2.29. The van der Waals surface area contributed by atoms with Crippen molar-refractivity contribution in [3.63, 3.8) is 0 Å². The average Bonchev–Trinajstić information content (AvgIpc) is 2.35. The van der Waals surface area contributed by atoms with E-state index in [1.165, 1.54) is 4.31 Å². The molecule has 0 aliphatic heterocycles. The summed E-state index contributed by atoms with van der Waals surface area (Å²) in [4.78, 5) is 2.45. The summed E-state index contributed by atoms with van der Waals surface area (Å²) in [5.74, 6) is 0. The molecule has 1 fully saturated rings. The van der Waals surface area contributed by atoms with E-state index in [4.69, 9.17) is 5.73 Å². The fourth-order valence-electron chi connectivity index (χ4n) is 2.91. The Morgan fingerprint density at radius 3 is 2.33 bits per heavy atom. The molecule has 118 valence electrons. The summed E-state index contributed by atoms with van der Waals surface area (Å²) >= 11 is 0. The van der Waals surface area contributed by atoms with Crippen LogP contribution in [-0.2, 0) is 10.0 Å². The summed E-state index contributed by atoms with van der Waals surface area (Å²) in [7, 11) is 2.18. The molecule has 1 aliphatic carbocycles. The van der Waals surface area contributed by atoms with Crippen LogP contribution in [0.5, 0.6) is 0 Å². The van der Waals surface area contributed by atoms with E-state index in [9.17, 15) is 8.42 Å². The number of nitrogen functional groups attached to an aromatic ring is 1. The van der Waals surface area contributed by atoms with Gasteiger partial charge >= 0.3 is 0 Å². The molecule has 5 nitrogen and oxygen atoms in total. The molecule has 0 saturated heterocycles. The van der Waals surface area contributed by atoms with Crippen LogP contribution in [0.4, 0.5) is 5.69 Å². The zero-order valence-corrected chi connectivity index (χ0v) is 14.1.